The molecule has 0 aliphatic carbocycles. The summed E-state index contributed by atoms with van der Waals surface area (Å²) in [7, 11) is 1.96. The van der Waals surface area contributed by atoms with Gasteiger partial charge in [-0.05, 0) is 80.2 Å². The van der Waals surface area contributed by atoms with Gasteiger partial charge in [0.15, 0.2) is 5.75 Å². The van der Waals surface area contributed by atoms with Crippen molar-refractivity contribution in [2.24, 2.45) is 5.92 Å². The van der Waals surface area contributed by atoms with Crippen LogP contribution in [0.2, 0.25) is 0 Å². The van der Waals surface area contributed by atoms with Crippen molar-refractivity contribution in [3.8, 4) is 17.2 Å². The smallest absolute Gasteiger partial charge is 0.416 e. The number of nitrogens with one attached hydrogen (secondary N) is 2. The Kier molecular flexibility index (Phi) is 11.1. The molecule has 3 N–H and O–H groups in total. The Morgan fingerprint density at radius 2 is 1.65 bits per heavy atom. The van der Waals surface area contributed by atoms with E-state index in [1.54, 1.807) is 30.0 Å². The van der Waals surface area contributed by atoms with Crippen molar-refractivity contribution < 1.29 is 37.3 Å². The summed E-state index contributed by atoms with van der Waals surface area (Å²) in [6.07, 6.45) is -4.94. The normalized spacial score (nSPS) is 17.0. The SMILES string of the molecule is C[C@H](CO)N1C[C@H](C)[C@@H](CN(C)Cc2ccc(Oc3ccccc3)cc2)Oc2c(NC(=O)Nc3ccc(C(F)(F)F)cc3)cccc2C1=O. The minimum absolute atomic E-state index is 0.150. The zero-order valence-corrected chi connectivity index (χ0v) is 27.4. The molecule has 0 fully saturated rings. The highest BCUT2D eigenvalue weighted by molar-refractivity contribution is 6.04. The highest BCUT2D eigenvalue weighted by atomic mass is 19.4. The number of urea groups is 1. The molecule has 0 saturated carbocycles. The van der Waals surface area contributed by atoms with Crippen LogP contribution >= 0.6 is 0 Å². The molecule has 1 aliphatic heterocycles. The summed E-state index contributed by atoms with van der Waals surface area (Å²) in [5.41, 5.74) is 0.784. The Morgan fingerprint density at radius 3 is 2.31 bits per heavy atom. The standard InChI is InChI=1S/C37H39F3N4O5/c1-24-20-44(25(2)23-45)35(46)31-10-7-11-32(42-36(47)41-28-16-14-27(15-17-28)37(38,39)40)34(31)49-33(24)22-43(3)21-26-12-18-30(19-13-26)48-29-8-5-4-6-9-29/h4-19,24-25,33,45H,20-23H2,1-3H3,(H2,41,42,47)/t24-,25+,33+/m0/s1. The number of hydrogen-bond donors (Lipinski definition) is 3. The third-order valence-electron chi connectivity index (χ3n) is 8.26. The van der Waals surface area contributed by atoms with E-state index in [2.05, 4.69) is 15.5 Å². The quantitative estimate of drug-likeness (QED) is 0.161. The van der Waals surface area contributed by atoms with E-state index in [-0.39, 0.29) is 41.1 Å². The van der Waals surface area contributed by atoms with Gasteiger partial charge in [0.25, 0.3) is 5.91 Å². The maximum Gasteiger partial charge on any atom is 0.416 e. The molecule has 5 rings (SSSR count). The van der Waals surface area contributed by atoms with Crippen LogP contribution in [0.3, 0.4) is 0 Å². The van der Waals surface area contributed by atoms with Gasteiger partial charge in [-0.3, -0.25) is 9.69 Å². The van der Waals surface area contributed by atoms with Crippen molar-refractivity contribution >= 4 is 23.3 Å². The highest BCUT2D eigenvalue weighted by Gasteiger charge is 2.35. The molecule has 1 aliphatic rings. The number of fused-ring (bicyclic) bond motifs is 1. The number of aliphatic hydroxyl groups is 1. The lowest BCUT2D eigenvalue weighted by molar-refractivity contribution is -0.137. The van der Waals surface area contributed by atoms with Crippen LogP contribution in [0.5, 0.6) is 17.2 Å². The summed E-state index contributed by atoms with van der Waals surface area (Å²) < 4.78 is 51.4. The second-order valence-corrected chi connectivity index (χ2v) is 12.2. The van der Waals surface area contributed by atoms with Crippen LogP contribution in [-0.2, 0) is 12.7 Å². The number of anilines is 2. The number of carbonyl (C=O) groups is 2. The minimum Gasteiger partial charge on any atom is -0.486 e. The van der Waals surface area contributed by atoms with Crippen LogP contribution in [0.1, 0.15) is 35.3 Å². The number of carbonyl (C=O) groups excluding carboxylic acids is 2. The highest BCUT2D eigenvalue weighted by Crippen LogP contribution is 2.35. The molecule has 4 aromatic rings. The Morgan fingerprint density at radius 1 is 0.980 bits per heavy atom. The molecule has 0 unspecified atom stereocenters. The first-order valence-corrected chi connectivity index (χ1v) is 15.9. The Labute approximate surface area is 283 Å². The third-order valence-corrected chi connectivity index (χ3v) is 8.26. The Hall–Kier alpha value is -5.07. The molecule has 258 valence electrons. The molecular formula is C37H39F3N4O5. The van der Waals surface area contributed by atoms with E-state index < -0.39 is 29.9 Å². The van der Waals surface area contributed by atoms with Gasteiger partial charge in [-0.1, -0.05) is 43.3 Å². The zero-order chi connectivity index (χ0) is 35.1. The number of benzene rings is 4. The maximum absolute atomic E-state index is 13.8. The van der Waals surface area contributed by atoms with E-state index in [4.69, 9.17) is 9.47 Å². The molecule has 3 atom stereocenters. The lowest BCUT2D eigenvalue weighted by Gasteiger charge is -2.38. The van der Waals surface area contributed by atoms with Gasteiger partial charge in [0.2, 0.25) is 0 Å². The molecule has 12 heteroatoms. The van der Waals surface area contributed by atoms with E-state index in [9.17, 15) is 27.9 Å². The number of halogens is 3. The second-order valence-electron chi connectivity index (χ2n) is 12.2. The van der Waals surface area contributed by atoms with E-state index in [0.29, 0.717) is 19.6 Å². The molecule has 0 bridgehead atoms. The first kappa shape index (κ1) is 35.2. The van der Waals surface area contributed by atoms with Crippen LogP contribution in [0.25, 0.3) is 0 Å². The molecule has 3 amide bonds. The van der Waals surface area contributed by atoms with E-state index in [1.807, 2.05) is 68.6 Å². The first-order valence-electron chi connectivity index (χ1n) is 15.9. The van der Waals surface area contributed by atoms with Crippen molar-refractivity contribution in [3.05, 3.63) is 114 Å². The fourth-order valence-corrected chi connectivity index (χ4v) is 5.56. The Bertz CT molecular complexity index is 1720. The van der Waals surface area contributed by atoms with Crippen molar-refractivity contribution in [1.29, 1.82) is 0 Å². The number of likely N-dealkylation sites (N-methyl/N-ethyl adjacent to an activating group) is 1. The number of para-hydroxylation sites is 2. The largest absolute Gasteiger partial charge is 0.486 e. The van der Waals surface area contributed by atoms with Crippen molar-refractivity contribution in [3.63, 3.8) is 0 Å². The third kappa shape index (κ3) is 9.09. The van der Waals surface area contributed by atoms with Gasteiger partial charge in [-0.25, -0.2) is 4.79 Å². The summed E-state index contributed by atoms with van der Waals surface area (Å²) in [6.45, 7) is 4.88. The van der Waals surface area contributed by atoms with Gasteiger partial charge in [0.1, 0.15) is 17.6 Å². The molecule has 0 spiro atoms. The topological polar surface area (TPSA) is 103 Å². The monoisotopic (exact) mass is 676 g/mol. The number of hydrogen-bond acceptors (Lipinski definition) is 6. The lowest BCUT2D eigenvalue weighted by atomic mass is 9.99. The molecule has 4 aromatic carbocycles. The van der Waals surface area contributed by atoms with E-state index >= 15 is 0 Å². The van der Waals surface area contributed by atoms with Crippen molar-refractivity contribution in [2.45, 2.75) is 38.7 Å². The fraction of sp³-hybridized carbons (Fsp3) is 0.297. The number of rotatable bonds is 10. The van der Waals surface area contributed by atoms with Gasteiger partial charge in [0, 0.05) is 31.2 Å². The van der Waals surface area contributed by atoms with Crippen LogP contribution in [-0.4, -0.2) is 65.7 Å². The maximum atomic E-state index is 13.8. The van der Waals surface area contributed by atoms with E-state index in [0.717, 1.165) is 41.3 Å². The summed E-state index contributed by atoms with van der Waals surface area (Å²) in [6, 6.07) is 25.0. The summed E-state index contributed by atoms with van der Waals surface area (Å²) in [5.74, 6) is 1.09. The predicted molar refractivity (Wildman–Crippen MR) is 181 cm³/mol. The van der Waals surface area contributed by atoms with Gasteiger partial charge < -0.3 is 30.1 Å². The second kappa shape index (κ2) is 15.4. The average Bonchev–Trinajstić information content (AvgIpc) is 3.07. The zero-order valence-electron chi connectivity index (χ0n) is 27.4. The number of ether oxygens (including phenoxy) is 2. The molecule has 0 saturated heterocycles. The summed E-state index contributed by atoms with van der Waals surface area (Å²) in [5, 5.41) is 15.2. The van der Waals surface area contributed by atoms with Gasteiger partial charge >= 0.3 is 12.2 Å². The molecule has 1 heterocycles. The fourth-order valence-electron chi connectivity index (χ4n) is 5.56. The summed E-state index contributed by atoms with van der Waals surface area (Å²) in [4.78, 5) is 30.5. The number of aliphatic hydroxyl groups excluding tert-OH is 1. The predicted octanol–water partition coefficient (Wildman–Crippen LogP) is 7.49. The first-order chi connectivity index (χ1) is 23.4. The van der Waals surface area contributed by atoms with Crippen LogP contribution in [0.15, 0.2) is 97.1 Å². The van der Waals surface area contributed by atoms with E-state index in [1.165, 1.54) is 0 Å². The minimum atomic E-state index is -4.50. The Balaban J connectivity index is 1.34. The van der Waals surface area contributed by atoms with Gasteiger partial charge in [-0.2, -0.15) is 13.2 Å². The lowest BCUT2D eigenvalue weighted by Crippen LogP contribution is -2.49. The van der Waals surface area contributed by atoms with Crippen molar-refractivity contribution in [2.75, 3.05) is 37.4 Å². The summed E-state index contributed by atoms with van der Waals surface area (Å²) >= 11 is 0. The molecule has 0 aromatic heterocycles. The van der Waals surface area contributed by atoms with Gasteiger partial charge in [-0.15, -0.1) is 0 Å². The molecular weight excluding hydrogens is 637 g/mol. The average molecular weight is 677 g/mol. The van der Waals surface area contributed by atoms with Crippen LogP contribution in [0.4, 0.5) is 29.3 Å². The van der Waals surface area contributed by atoms with Crippen LogP contribution < -0.4 is 20.1 Å². The molecule has 0 radical (unpaired) electrons. The molecule has 49 heavy (non-hydrogen) atoms. The van der Waals surface area contributed by atoms with Crippen molar-refractivity contribution in [1.82, 2.24) is 9.80 Å². The van der Waals surface area contributed by atoms with Gasteiger partial charge in [0.05, 0.1) is 29.5 Å². The number of alkyl halides is 3. The van der Waals surface area contributed by atoms with Crippen LogP contribution in [0, 0.1) is 5.92 Å². The number of amides is 3. The molecule has 9 nitrogen and oxygen atoms in total. The number of nitrogens with zero attached hydrogens (tertiary/aromatic N) is 2.